The number of unbranched alkanes of at least 4 members (excludes halogenated alkanes) is 13. The van der Waals surface area contributed by atoms with Gasteiger partial charge >= 0.3 is 0 Å². The van der Waals surface area contributed by atoms with Gasteiger partial charge in [-0.1, -0.05) is 138 Å². The Morgan fingerprint density at radius 1 is 0.483 bits per heavy atom. The van der Waals surface area contributed by atoms with Crippen LogP contribution in [0.25, 0.3) is 11.1 Å². The van der Waals surface area contributed by atoms with Crippen LogP contribution in [0.5, 0.6) is 0 Å². The zero-order chi connectivity index (χ0) is 20.6. The lowest BCUT2D eigenvalue weighted by molar-refractivity contribution is 0.535. The van der Waals surface area contributed by atoms with Crippen LogP contribution in [0, 0.1) is 0 Å². The quantitative estimate of drug-likeness (QED) is 0.240. The summed E-state index contributed by atoms with van der Waals surface area (Å²) in [5.41, 5.74) is 3.96. The molecule has 2 rings (SSSR count). The van der Waals surface area contributed by atoms with Crippen molar-refractivity contribution in [2.45, 2.75) is 103 Å². The first-order valence-corrected chi connectivity index (χ1v) is 12.5. The Kier molecular flexibility index (Phi) is 12.9. The fraction of sp³-hybridized carbons (Fsp3) is 0.571. The van der Waals surface area contributed by atoms with Crippen molar-refractivity contribution in [2.24, 2.45) is 0 Å². The highest BCUT2D eigenvalue weighted by Gasteiger charge is 1.99. The Hall–Kier alpha value is -1.27. The molecule has 0 atom stereocenters. The van der Waals surface area contributed by atoms with Gasteiger partial charge in [-0.3, -0.25) is 0 Å². The lowest BCUT2D eigenvalue weighted by atomic mass is 10.0. The molecule has 0 spiro atoms. The summed E-state index contributed by atoms with van der Waals surface area (Å²) >= 11 is 5.97. The number of hydrogen-bond acceptors (Lipinski definition) is 0. The molecule has 0 unspecified atom stereocenters. The van der Waals surface area contributed by atoms with Crippen LogP contribution in [0.15, 0.2) is 48.5 Å². The van der Waals surface area contributed by atoms with Gasteiger partial charge in [0.2, 0.25) is 0 Å². The summed E-state index contributed by atoms with van der Waals surface area (Å²) in [5, 5.41) is 0.795. The van der Waals surface area contributed by atoms with Crippen molar-refractivity contribution in [3.05, 3.63) is 59.1 Å². The van der Waals surface area contributed by atoms with Crippen molar-refractivity contribution in [1.29, 1.82) is 0 Å². The zero-order valence-electron chi connectivity index (χ0n) is 18.6. The third-order valence-electron chi connectivity index (χ3n) is 5.95. The number of hydrogen-bond donors (Lipinski definition) is 0. The molecule has 0 saturated carbocycles. The highest BCUT2D eigenvalue weighted by Crippen LogP contribution is 2.22. The average molecular weight is 413 g/mol. The number of rotatable bonds is 16. The molecule has 1 heteroatoms. The van der Waals surface area contributed by atoms with Gasteiger partial charge in [-0.15, -0.1) is 0 Å². The minimum Gasteiger partial charge on any atom is -0.0843 e. The lowest BCUT2D eigenvalue weighted by Crippen LogP contribution is -1.87. The summed E-state index contributed by atoms with van der Waals surface area (Å²) in [6.07, 6.45) is 21.1. The molecule has 0 N–H and O–H groups in total. The Bertz CT molecular complexity index is 626. The molecule has 29 heavy (non-hydrogen) atoms. The van der Waals surface area contributed by atoms with Crippen molar-refractivity contribution in [2.75, 3.05) is 0 Å². The van der Waals surface area contributed by atoms with E-state index >= 15 is 0 Å². The van der Waals surface area contributed by atoms with Crippen LogP contribution in [-0.2, 0) is 6.42 Å². The fourth-order valence-electron chi connectivity index (χ4n) is 4.03. The Morgan fingerprint density at radius 3 is 1.31 bits per heavy atom. The molecule has 0 saturated heterocycles. The van der Waals surface area contributed by atoms with E-state index in [-0.39, 0.29) is 0 Å². The van der Waals surface area contributed by atoms with E-state index < -0.39 is 0 Å². The SMILES string of the molecule is CCCCCCCCCCCCCCCCc1ccc(-c2ccc(Cl)cc2)cc1. The van der Waals surface area contributed by atoms with Crippen molar-refractivity contribution < 1.29 is 0 Å². The number of aryl methyl sites for hydroxylation is 1. The van der Waals surface area contributed by atoms with Crippen LogP contribution in [0.2, 0.25) is 5.02 Å². The van der Waals surface area contributed by atoms with Gasteiger partial charge in [0.25, 0.3) is 0 Å². The van der Waals surface area contributed by atoms with Crippen molar-refractivity contribution in [1.82, 2.24) is 0 Å². The van der Waals surface area contributed by atoms with Crippen molar-refractivity contribution in [3.63, 3.8) is 0 Å². The van der Waals surface area contributed by atoms with Crippen LogP contribution in [0.1, 0.15) is 102 Å². The van der Waals surface area contributed by atoms with Gasteiger partial charge in [0.05, 0.1) is 0 Å². The van der Waals surface area contributed by atoms with Gasteiger partial charge < -0.3 is 0 Å². The topological polar surface area (TPSA) is 0 Å². The molecule has 0 fully saturated rings. The maximum atomic E-state index is 5.97. The zero-order valence-corrected chi connectivity index (χ0v) is 19.4. The van der Waals surface area contributed by atoms with E-state index in [0.29, 0.717) is 0 Å². The second-order valence-corrected chi connectivity index (χ2v) is 8.99. The van der Waals surface area contributed by atoms with Crippen LogP contribution in [0.3, 0.4) is 0 Å². The second-order valence-electron chi connectivity index (χ2n) is 8.55. The van der Waals surface area contributed by atoms with E-state index in [9.17, 15) is 0 Å². The maximum absolute atomic E-state index is 5.97. The molecule has 0 aliphatic rings. The number of benzene rings is 2. The normalized spacial score (nSPS) is 11.1. The molecular weight excluding hydrogens is 372 g/mol. The molecule has 2 aromatic carbocycles. The van der Waals surface area contributed by atoms with E-state index in [1.807, 2.05) is 12.1 Å². The standard InChI is InChI=1S/C28H41Cl/c1-2-3-4-5-6-7-8-9-10-11-12-13-14-15-16-25-17-19-26(20-18-25)27-21-23-28(29)24-22-27/h17-24H,2-16H2,1H3. The van der Waals surface area contributed by atoms with Gasteiger partial charge in [0, 0.05) is 5.02 Å². The van der Waals surface area contributed by atoms with Crippen molar-refractivity contribution in [3.8, 4) is 11.1 Å². The van der Waals surface area contributed by atoms with Crippen LogP contribution in [0.4, 0.5) is 0 Å². The fourth-order valence-corrected chi connectivity index (χ4v) is 4.16. The van der Waals surface area contributed by atoms with Crippen molar-refractivity contribution >= 4 is 11.6 Å². The predicted molar refractivity (Wildman–Crippen MR) is 131 cm³/mol. The minimum absolute atomic E-state index is 0.795. The third kappa shape index (κ3) is 10.9. The van der Waals surface area contributed by atoms with Gasteiger partial charge in [0.15, 0.2) is 0 Å². The molecule has 0 heterocycles. The van der Waals surface area contributed by atoms with Gasteiger partial charge in [-0.25, -0.2) is 0 Å². The molecule has 0 bridgehead atoms. The molecule has 160 valence electrons. The van der Waals surface area contributed by atoms with E-state index in [4.69, 9.17) is 11.6 Å². The molecular formula is C28H41Cl. The Morgan fingerprint density at radius 2 is 0.862 bits per heavy atom. The Balaban J connectivity index is 1.44. The molecule has 0 aliphatic carbocycles. The molecule has 0 aliphatic heterocycles. The van der Waals surface area contributed by atoms with E-state index in [1.54, 1.807) is 0 Å². The summed E-state index contributed by atoms with van der Waals surface area (Å²) in [6, 6.07) is 17.1. The summed E-state index contributed by atoms with van der Waals surface area (Å²) in [5.74, 6) is 0. The summed E-state index contributed by atoms with van der Waals surface area (Å²) in [7, 11) is 0. The smallest absolute Gasteiger partial charge is 0.0406 e. The highest BCUT2D eigenvalue weighted by molar-refractivity contribution is 6.30. The van der Waals surface area contributed by atoms with Gasteiger partial charge in [-0.2, -0.15) is 0 Å². The van der Waals surface area contributed by atoms with E-state index in [1.165, 1.54) is 113 Å². The minimum atomic E-state index is 0.795. The lowest BCUT2D eigenvalue weighted by Gasteiger charge is -2.06. The average Bonchev–Trinajstić information content (AvgIpc) is 2.75. The predicted octanol–water partition coefficient (Wildman–Crippen LogP) is 10.0. The van der Waals surface area contributed by atoms with Gasteiger partial charge in [-0.05, 0) is 41.7 Å². The summed E-state index contributed by atoms with van der Waals surface area (Å²) < 4.78 is 0. The van der Waals surface area contributed by atoms with Crippen LogP contribution in [-0.4, -0.2) is 0 Å². The first-order chi connectivity index (χ1) is 14.3. The number of halogens is 1. The second kappa shape index (κ2) is 15.6. The van der Waals surface area contributed by atoms with Gasteiger partial charge in [0.1, 0.15) is 0 Å². The first-order valence-electron chi connectivity index (χ1n) is 12.1. The van der Waals surface area contributed by atoms with E-state index in [0.717, 1.165) is 5.02 Å². The molecule has 0 amide bonds. The largest absolute Gasteiger partial charge is 0.0843 e. The third-order valence-corrected chi connectivity index (χ3v) is 6.20. The highest BCUT2D eigenvalue weighted by atomic mass is 35.5. The maximum Gasteiger partial charge on any atom is 0.0406 e. The van der Waals surface area contributed by atoms with Crippen LogP contribution < -0.4 is 0 Å². The molecule has 0 radical (unpaired) electrons. The Labute approximate surface area is 185 Å². The first kappa shape index (κ1) is 24.0. The molecule has 0 aromatic heterocycles. The van der Waals surface area contributed by atoms with Crippen LogP contribution >= 0.6 is 11.6 Å². The monoisotopic (exact) mass is 412 g/mol. The molecule has 0 nitrogen and oxygen atoms in total. The van der Waals surface area contributed by atoms with E-state index in [2.05, 4.69) is 43.3 Å². The summed E-state index contributed by atoms with van der Waals surface area (Å²) in [6.45, 7) is 2.29. The summed E-state index contributed by atoms with van der Waals surface area (Å²) in [4.78, 5) is 0. The molecule has 2 aromatic rings.